The highest BCUT2D eigenvalue weighted by Crippen LogP contribution is 2.30. The number of hydrogen-bond acceptors (Lipinski definition) is 4. The Morgan fingerprint density at radius 3 is 2.78 bits per heavy atom. The van der Waals surface area contributed by atoms with Gasteiger partial charge >= 0.3 is 0 Å². The van der Waals surface area contributed by atoms with Gasteiger partial charge in [-0.3, -0.25) is 4.98 Å². The van der Waals surface area contributed by atoms with Gasteiger partial charge in [0.1, 0.15) is 0 Å². The van der Waals surface area contributed by atoms with E-state index < -0.39 is 10.0 Å². The Labute approximate surface area is 137 Å². The molecule has 0 spiro atoms. The molecule has 1 atom stereocenters. The molecule has 122 valence electrons. The van der Waals surface area contributed by atoms with E-state index in [0.717, 1.165) is 16.7 Å². The van der Waals surface area contributed by atoms with Crippen molar-refractivity contribution in [2.75, 3.05) is 19.6 Å². The van der Waals surface area contributed by atoms with Gasteiger partial charge in [-0.05, 0) is 37.1 Å². The van der Waals surface area contributed by atoms with Gasteiger partial charge in [-0.2, -0.15) is 4.31 Å². The summed E-state index contributed by atoms with van der Waals surface area (Å²) in [4.78, 5) is 4.52. The van der Waals surface area contributed by atoms with Crippen LogP contribution in [0.4, 0.5) is 0 Å². The molecule has 1 N–H and O–H groups in total. The minimum absolute atomic E-state index is 0.233. The second-order valence-electron chi connectivity index (χ2n) is 5.89. The molecule has 1 aliphatic heterocycles. The third-order valence-corrected chi connectivity index (χ3v) is 6.25. The van der Waals surface area contributed by atoms with E-state index in [9.17, 15) is 8.42 Å². The van der Waals surface area contributed by atoms with Gasteiger partial charge in [0.05, 0.1) is 10.9 Å². The molecule has 1 unspecified atom stereocenters. The fourth-order valence-corrected chi connectivity index (χ4v) is 4.87. The maximum atomic E-state index is 13.2. The van der Waals surface area contributed by atoms with Crippen LogP contribution in [0.2, 0.25) is 0 Å². The molecule has 1 saturated heterocycles. The summed E-state index contributed by atoms with van der Waals surface area (Å²) in [5, 5.41) is 3.28. The normalized spacial score (nSPS) is 19.7. The van der Waals surface area contributed by atoms with Crippen LogP contribution in [0, 0.1) is 13.8 Å². The maximum absolute atomic E-state index is 13.2. The quantitative estimate of drug-likeness (QED) is 0.935. The number of hydrogen-bond donors (Lipinski definition) is 1. The Balaban J connectivity index is 2.02. The van der Waals surface area contributed by atoms with Gasteiger partial charge in [0.15, 0.2) is 0 Å². The Hall–Kier alpha value is -1.76. The van der Waals surface area contributed by atoms with Crippen LogP contribution in [-0.4, -0.2) is 37.3 Å². The number of benzene rings is 1. The molecule has 1 aromatic carbocycles. The monoisotopic (exact) mass is 331 g/mol. The average Bonchev–Trinajstić information content (AvgIpc) is 2.55. The second kappa shape index (κ2) is 6.39. The fraction of sp³-hybridized carbons (Fsp3) is 0.353. The van der Waals surface area contributed by atoms with Crippen molar-refractivity contribution in [3.8, 4) is 0 Å². The number of pyridine rings is 1. The zero-order valence-electron chi connectivity index (χ0n) is 13.4. The van der Waals surface area contributed by atoms with Crippen molar-refractivity contribution in [3.63, 3.8) is 0 Å². The lowest BCUT2D eigenvalue weighted by Crippen LogP contribution is -2.48. The van der Waals surface area contributed by atoms with E-state index in [2.05, 4.69) is 10.3 Å². The molecular weight excluding hydrogens is 310 g/mol. The van der Waals surface area contributed by atoms with Crippen LogP contribution in [0.1, 0.15) is 22.7 Å². The predicted octanol–water partition coefficient (Wildman–Crippen LogP) is 2.03. The number of nitrogens with one attached hydrogen (secondary N) is 1. The van der Waals surface area contributed by atoms with E-state index in [1.807, 2.05) is 38.1 Å². The predicted molar refractivity (Wildman–Crippen MR) is 89.7 cm³/mol. The number of aryl methyl sites for hydroxylation is 2. The number of aromatic nitrogens is 1. The van der Waals surface area contributed by atoms with Gasteiger partial charge in [0.2, 0.25) is 10.0 Å². The first-order valence-corrected chi connectivity index (χ1v) is 9.14. The van der Waals surface area contributed by atoms with Crippen molar-refractivity contribution in [1.82, 2.24) is 14.6 Å². The first kappa shape index (κ1) is 16.1. The van der Waals surface area contributed by atoms with E-state index >= 15 is 0 Å². The van der Waals surface area contributed by atoms with Gasteiger partial charge in [0.25, 0.3) is 0 Å². The fourth-order valence-electron chi connectivity index (χ4n) is 3.05. The molecule has 2 aromatic rings. The van der Waals surface area contributed by atoms with Crippen LogP contribution in [0.25, 0.3) is 0 Å². The molecule has 0 aliphatic carbocycles. The van der Waals surface area contributed by atoms with Crippen LogP contribution in [0.3, 0.4) is 0 Å². The van der Waals surface area contributed by atoms with E-state index in [4.69, 9.17) is 0 Å². The summed E-state index contributed by atoms with van der Waals surface area (Å²) in [7, 11) is -3.54. The van der Waals surface area contributed by atoms with Crippen molar-refractivity contribution < 1.29 is 8.42 Å². The number of rotatable bonds is 3. The summed E-state index contributed by atoms with van der Waals surface area (Å²) in [6.07, 6.45) is 3.44. The zero-order valence-corrected chi connectivity index (χ0v) is 14.2. The average molecular weight is 331 g/mol. The van der Waals surface area contributed by atoms with E-state index in [-0.39, 0.29) is 6.04 Å². The van der Waals surface area contributed by atoms with Crippen LogP contribution in [-0.2, 0) is 10.0 Å². The van der Waals surface area contributed by atoms with E-state index in [0.29, 0.717) is 24.5 Å². The molecule has 23 heavy (non-hydrogen) atoms. The summed E-state index contributed by atoms with van der Waals surface area (Å²) >= 11 is 0. The highest BCUT2D eigenvalue weighted by molar-refractivity contribution is 7.89. The van der Waals surface area contributed by atoms with Crippen LogP contribution in [0.15, 0.2) is 47.6 Å². The molecule has 1 aromatic heterocycles. The number of piperazine rings is 1. The molecule has 6 heteroatoms. The molecule has 5 nitrogen and oxygen atoms in total. The van der Waals surface area contributed by atoms with Gasteiger partial charge in [0, 0.05) is 32.0 Å². The highest BCUT2D eigenvalue weighted by Gasteiger charge is 2.35. The number of nitrogens with zero attached hydrogens (tertiary/aromatic N) is 2. The van der Waals surface area contributed by atoms with Crippen molar-refractivity contribution >= 4 is 10.0 Å². The van der Waals surface area contributed by atoms with Gasteiger partial charge in [-0.25, -0.2) is 8.42 Å². The lowest BCUT2D eigenvalue weighted by Gasteiger charge is -2.35. The SMILES string of the molecule is Cc1ccc(S(=O)(=O)N2CCNCC2c2cccnc2)c(C)c1. The largest absolute Gasteiger partial charge is 0.313 e. The van der Waals surface area contributed by atoms with Gasteiger partial charge in [-0.15, -0.1) is 0 Å². The van der Waals surface area contributed by atoms with Crippen LogP contribution < -0.4 is 5.32 Å². The van der Waals surface area contributed by atoms with Gasteiger partial charge < -0.3 is 5.32 Å². The molecule has 0 bridgehead atoms. The Kier molecular flexibility index (Phi) is 4.48. The van der Waals surface area contributed by atoms with Crippen molar-refractivity contribution in [3.05, 3.63) is 59.4 Å². The number of sulfonamides is 1. The third kappa shape index (κ3) is 3.15. The maximum Gasteiger partial charge on any atom is 0.243 e. The molecule has 3 rings (SSSR count). The van der Waals surface area contributed by atoms with Crippen molar-refractivity contribution in [2.24, 2.45) is 0 Å². The molecule has 2 heterocycles. The first-order valence-electron chi connectivity index (χ1n) is 7.70. The summed E-state index contributed by atoms with van der Waals surface area (Å²) < 4.78 is 28.0. The Bertz CT molecular complexity index is 791. The summed E-state index contributed by atoms with van der Waals surface area (Å²) in [6, 6.07) is 9.00. The lowest BCUT2D eigenvalue weighted by atomic mass is 10.1. The van der Waals surface area contributed by atoms with Crippen molar-refractivity contribution in [1.29, 1.82) is 0 Å². The minimum atomic E-state index is -3.54. The molecule has 1 fully saturated rings. The second-order valence-corrected chi connectivity index (χ2v) is 7.75. The molecule has 0 amide bonds. The molecule has 0 radical (unpaired) electrons. The summed E-state index contributed by atoms with van der Waals surface area (Å²) in [5.74, 6) is 0. The Morgan fingerprint density at radius 2 is 2.09 bits per heavy atom. The van der Waals surface area contributed by atoms with E-state index in [1.165, 1.54) is 0 Å². The molecule has 1 aliphatic rings. The first-order chi connectivity index (χ1) is 11.0. The topological polar surface area (TPSA) is 62.3 Å². The Morgan fingerprint density at radius 1 is 1.26 bits per heavy atom. The van der Waals surface area contributed by atoms with Crippen LogP contribution in [0.5, 0.6) is 0 Å². The van der Waals surface area contributed by atoms with E-state index in [1.54, 1.807) is 22.8 Å². The smallest absolute Gasteiger partial charge is 0.243 e. The summed E-state index contributed by atoms with van der Waals surface area (Å²) in [6.45, 7) is 5.51. The highest BCUT2D eigenvalue weighted by atomic mass is 32.2. The molecular formula is C17H21N3O2S. The van der Waals surface area contributed by atoms with Gasteiger partial charge in [-0.1, -0.05) is 23.8 Å². The van der Waals surface area contributed by atoms with Crippen molar-refractivity contribution in [2.45, 2.75) is 24.8 Å². The third-order valence-electron chi connectivity index (χ3n) is 4.18. The minimum Gasteiger partial charge on any atom is -0.313 e. The molecule has 0 saturated carbocycles. The van der Waals surface area contributed by atoms with Crippen LogP contribution >= 0.6 is 0 Å². The lowest BCUT2D eigenvalue weighted by molar-refractivity contribution is 0.271. The summed E-state index contributed by atoms with van der Waals surface area (Å²) in [5.41, 5.74) is 2.76. The standard InChI is InChI=1S/C17H21N3O2S/c1-13-5-6-17(14(2)10-13)23(21,22)20-9-8-19-12-16(20)15-4-3-7-18-11-15/h3-7,10-11,16,19H,8-9,12H2,1-2H3. The zero-order chi connectivity index (χ0) is 16.4.